The van der Waals surface area contributed by atoms with Gasteiger partial charge in [0.1, 0.15) is 10.8 Å². The molecule has 0 spiro atoms. The van der Waals surface area contributed by atoms with Crippen molar-refractivity contribution in [2.24, 2.45) is 5.92 Å². The molecule has 0 unspecified atom stereocenters. The molecule has 0 atom stereocenters. The number of hydrogen-bond acceptors (Lipinski definition) is 3. The Kier molecular flexibility index (Phi) is 3.79. The van der Waals surface area contributed by atoms with Crippen molar-refractivity contribution in [1.82, 2.24) is 5.32 Å². The average Bonchev–Trinajstić information content (AvgIpc) is 2.22. The molecule has 1 fully saturated rings. The lowest BCUT2D eigenvalue weighted by atomic mass is 10.0. The summed E-state index contributed by atoms with van der Waals surface area (Å²) in [4.78, 5) is 0. The fourth-order valence-electron chi connectivity index (χ4n) is 1.57. The van der Waals surface area contributed by atoms with E-state index >= 15 is 0 Å². The minimum Gasteiger partial charge on any atom is -0.495 e. The van der Waals surface area contributed by atoms with E-state index in [-0.39, 0.29) is 0 Å². The summed E-state index contributed by atoms with van der Waals surface area (Å²) in [6.07, 6.45) is 0. The zero-order chi connectivity index (χ0) is 11.5. The average molecular weight is 261 g/mol. The van der Waals surface area contributed by atoms with Gasteiger partial charge >= 0.3 is 0 Å². The lowest BCUT2D eigenvalue weighted by molar-refractivity contribution is 0.365. The van der Waals surface area contributed by atoms with Gasteiger partial charge in [-0.3, -0.25) is 0 Å². The van der Waals surface area contributed by atoms with Crippen molar-refractivity contribution >= 4 is 28.9 Å². The summed E-state index contributed by atoms with van der Waals surface area (Å²) < 4.78 is 5.08. The molecule has 0 bridgehead atoms. The van der Waals surface area contributed by atoms with E-state index in [4.69, 9.17) is 27.9 Å². The van der Waals surface area contributed by atoms with E-state index in [0.29, 0.717) is 21.7 Å². The Bertz CT molecular complexity index is 380. The fourth-order valence-corrected chi connectivity index (χ4v) is 2.04. The number of nitrogens with one attached hydrogen (secondary N) is 2. The summed E-state index contributed by atoms with van der Waals surface area (Å²) in [6, 6.07) is 3.70. The van der Waals surface area contributed by atoms with Crippen molar-refractivity contribution in [3.63, 3.8) is 0 Å². The predicted molar refractivity (Wildman–Crippen MR) is 67.9 cm³/mol. The molecule has 88 valence electrons. The van der Waals surface area contributed by atoms with E-state index in [1.807, 2.05) is 12.1 Å². The Morgan fingerprint density at radius 3 is 2.69 bits per heavy atom. The SMILES string of the molecule is COc1ccc(NCC2CNC2)c(Cl)c1Cl. The van der Waals surface area contributed by atoms with Crippen LogP contribution in [0.5, 0.6) is 5.75 Å². The van der Waals surface area contributed by atoms with Crippen LogP contribution in [0.2, 0.25) is 10.0 Å². The summed E-state index contributed by atoms with van der Waals surface area (Å²) in [5.41, 5.74) is 0.861. The van der Waals surface area contributed by atoms with Crippen LogP contribution >= 0.6 is 23.2 Å². The molecule has 1 aliphatic heterocycles. The molecular formula is C11H14Cl2N2O. The van der Waals surface area contributed by atoms with E-state index in [0.717, 1.165) is 25.3 Å². The lowest BCUT2D eigenvalue weighted by Crippen LogP contribution is -2.45. The van der Waals surface area contributed by atoms with Gasteiger partial charge in [0, 0.05) is 25.6 Å². The van der Waals surface area contributed by atoms with Crippen LogP contribution in [0, 0.1) is 5.92 Å². The van der Waals surface area contributed by atoms with Crippen molar-refractivity contribution in [1.29, 1.82) is 0 Å². The smallest absolute Gasteiger partial charge is 0.139 e. The van der Waals surface area contributed by atoms with Gasteiger partial charge in [0.15, 0.2) is 0 Å². The van der Waals surface area contributed by atoms with Crippen molar-refractivity contribution in [3.05, 3.63) is 22.2 Å². The Morgan fingerprint density at radius 1 is 1.38 bits per heavy atom. The Balaban J connectivity index is 2.05. The molecule has 2 N–H and O–H groups in total. The number of hydrogen-bond donors (Lipinski definition) is 2. The molecule has 1 aliphatic rings. The van der Waals surface area contributed by atoms with Gasteiger partial charge in [0.05, 0.1) is 17.8 Å². The molecule has 0 amide bonds. The van der Waals surface area contributed by atoms with E-state index < -0.39 is 0 Å². The highest BCUT2D eigenvalue weighted by atomic mass is 35.5. The van der Waals surface area contributed by atoms with Gasteiger partial charge in [0.25, 0.3) is 0 Å². The Labute approximate surface area is 105 Å². The van der Waals surface area contributed by atoms with Crippen molar-refractivity contribution in [2.45, 2.75) is 0 Å². The zero-order valence-electron chi connectivity index (χ0n) is 9.02. The first-order valence-electron chi connectivity index (χ1n) is 5.19. The maximum atomic E-state index is 6.13. The third-order valence-electron chi connectivity index (χ3n) is 2.71. The number of methoxy groups -OCH3 is 1. The topological polar surface area (TPSA) is 33.3 Å². The van der Waals surface area contributed by atoms with Gasteiger partial charge in [-0.1, -0.05) is 23.2 Å². The quantitative estimate of drug-likeness (QED) is 0.874. The molecule has 1 heterocycles. The Morgan fingerprint density at radius 2 is 2.12 bits per heavy atom. The summed E-state index contributed by atoms with van der Waals surface area (Å²) >= 11 is 12.2. The third kappa shape index (κ3) is 2.37. The van der Waals surface area contributed by atoms with E-state index in [2.05, 4.69) is 10.6 Å². The van der Waals surface area contributed by atoms with Crippen LogP contribution in [0.1, 0.15) is 0 Å². The van der Waals surface area contributed by atoms with E-state index in [1.165, 1.54) is 0 Å². The van der Waals surface area contributed by atoms with Crippen LogP contribution in [0.25, 0.3) is 0 Å². The number of benzene rings is 1. The first kappa shape index (κ1) is 11.8. The Hall–Kier alpha value is -0.640. The second-order valence-electron chi connectivity index (χ2n) is 3.85. The van der Waals surface area contributed by atoms with Gasteiger partial charge in [0.2, 0.25) is 0 Å². The van der Waals surface area contributed by atoms with E-state index in [1.54, 1.807) is 7.11 Å². The molecule has 1 aromatic rings. The third-order valence-corrected chi connectivity index (χ3v) is 3.58. The van der Waals surface area contributed by atoms with Crippen LogP contribution in [0.15, 0.2) is 12.1 Å². The molecule has 16 heavy (non-hydrogen) atoms. The molecular weight excluding hydrogens is 247 g/mol. The summed E-state index contributed by atoms with van der Waals surface area (Å²) in [6.45, 7) is 3.04. The van der Waals surface area contributed by atoms with Crippen molar-refractivity contribution < 1.29 is 4.74 Å². The maximum absolute atomic E-state index is 6.13. The fraction of sp³-hybridized carbons (Fsp3) is 0.455. The lowest BCUT2D eigenvalue weighted by Gasteiger charge is -2.27. The number of ether oxygens (including phenoxy) is 1. The van der Waals surface area contributed by atoms with Crippen molar-refractivity contribution in [3.8, 4) is 5.75 Å². The first-order valence-corrected chi connectivity index (χ1v) is 5.94. The number of rotatable bonds is 4. The molecule has 0 aromatic heterocycles. The molecule has 0 saturated carbocycles. The highest BCUT2D eigenvalue weighted by Gasteiger charge is 2.17. The molecule has 1 aromatic carbocycles. The zero-order valence-corrected chi connectivity index (χ0v) is 10.5. The van der Waals surface area contributed by atoms with Crippen LogP contribution in [0.4, 0.5) is 5.69 Å². The van der Waals surface area contributed by atoms with Gasteiger partial charge in [-0.05, 0) is 12.1 Å². The molecule has 2 rings (SSSR count). The first-order chi connectivity index (χ1) is 7.72. The largest absolute Gasteiger partial charge is 0.495 e. The number of halogens is 2. The van der Waals surface area contributed by atoms with Crippen LogP contribution < -0.4 is 15.4 Å². The highest BCUT2D eigenvalue weighted by molar-refractivity contribution is 6.44. The van der Waals surface area contributed by atoms with Crippen molar-refractivity contribution in [2.75, 3.05) is 32.1 Å². The minimum absolute atomic E-state index is 0.459. The van der Waals surface area contributed by atoms with Gasteiger partial charge in [-0.15, -0.1) is 0 Å². The summed E-state index contributed by atoms with van der Waals surface area (Å²) in [7, 11) is 1.57. The monoisotopic (exact) mass is 260 g/mol. The van der Waals surface area contributed by atoms with Crippen LogP contribution in [0.3, 0.4) is 0 Å². The predicted octanol–water partition coefficient (Wildman–Crippen LogP) is 2.63. The number of anilines is 1. The molecule has 1 saturated heterocycles. The molecule has 3 nitrogen and oxygen atoms in total. The van der Waals surface area contributed by atoms with E-state index in [9.17, 15) is 0 Å². The molecule has 5 heteroatoms. The normalized spacial score (nSPS) is 15.7. The summed E-state index contributed by atoms with van der Waals surface area (Å²) in [5, 5.41) is 7.50. The second kappa shape index (κ2) is 5.13. The van der Waals surface area contributed by atoms with Gasteiger partial charge in [-0.2, -0.15) is 0 Å². The van der Waals surface area contributed by atoms with Crippen LogP contribution in [-0.2, 0) is 0 Å². The minimum atomic E-state index is 0.459. The molecule has 0 radical (unpaired) electrons. The van der Waals surface area contributed by atoms with Crippen LogP contribution in [-0.4, -0.2) is 26.7 Å². The maximum Gasteiger partial charge on any atom is 0.139 e. The standard InChI is InChI=1S/C11H14Cl2N2O/c1-16-9-3-2-8(10(12)11(9)13)15-6-7-4-14-5-7/h2-3,7,14-15H,4-6H2,1H3. The summed E-state index contributed by atoms with van der Waals surface area (Å²) in [5.74, 6) is 1.28. The van der Waals surface area contributed by atoms with Gasteiger partial charge in [-0.25, -0.2) is 0 Å². The molecule has 0 aliphatic carbocycles. The highest BCUT2D eigenvalue weighted by Crippen LogP contribution is 2.37. The second-order valence-corrected chi connectivity index (χ2v) is 4.60. The van der Waals surface area contributed by atoms with Gasteiger partial charge < -0.3 is 15.4 Å².